The van der Waals surface area contributed by atoms with Gasteiger partial charge < -0.3 is 9.84 Å². The molecule has 2 aliphatic rings. The molecule has 1 aromatic carbocycles. The highest BCUT2D eigenvalue weighted by atomic mass is 16.5. The summed E-state index contributed by atoms with van der Waals surface area (Å²) in [5.41, 5.74) is 4.27. The molecule has 0 bridgehead atoms. The summed E-state index contributed by atoms with van der Waals surface area (Å²) in [6.45, 7) is 4.07. The van der Waals surface area contributed by atoms with Crippen molar-refractivity contribution in [1.29, 1.82) is 0 Å². The zero-order chi connectivity index (χ0) is 16.1. The number of fused-ring (bicyclic) bond motifs is 1. The van der Waals surface area contributed by atoms with Crippen molar-refractivity contribution in [1.82, 2.24) is 4.90 Å². The van der Waals surface area contributed by atoms with Crippen LogP contribution in [0.4, 0.5) is 0 Å². The Balaban J connectivity index is 2.05. The Bertz CT molecular complexity index is 617. The Morgan fingerprint density at radius 1 is 1.27 bits per heavy atom. The monoisotopic (exact) mass is 303 g/mol. The number of carboxylic acid groups (broad SMARTS) is 1. The smallest absolute Gasteiger partial charge is 0.325 e. The van der Waals surface area contributed by atoms with Crippen LogP contribution in [0.15, 0.2) is 6.07 Å². The molecule has 120 valence electrons. The van der Waals surface area contributed by atoms with E-state index in [9.17, 15) is 9.90 Å². The molecule has 4 nitrogen and oxygen atoms in total. The number of carboxylic acids is 1. The first kappa shape index (κ1) is 15.3. The molecule has 0 aromatic heterocycles. The van der Waals surface area contributed by atoms with Crippen molar-refractivity contribution >= 4 is 5.97 Å². The lowest BCUT2D eigenvalue weighted by molar-refractivity contribution is -0.142. The van der Waals surface area contributed by atoms with Crippen molar-refractivity contribution < 1.29 is 14.6 Å². The standard InChI is InChI=1S/C18H25NO3/c1-11-12(2)16-13(6-9-18(22-16)7-5-8-18)10-14(11)15(17(20)21)19(3)4/h10,15H,5-9H2,1-4H3,(H,20,21). The van der Waals surface area contributed by atoms with Crippen LogP contribution in [0.25, 0.3) is 0 Å². The van der Waals surface area contributed by atoms with E-state index in [-0.39, 0.29) is 5.60 Å². The highest BCUT2D eigenvalue weighted by molar-refractivity contribution is 5.77. The largest absolute Gasteiger partial charge is 0.487 e. The van der Waals surface area contributed by atoms with Crippen LogP contribution in [-0.2, 0) is 11.2 Å². The normalized spacial score (nSPS) is 20.2. The van der Waals surface area contributed by atoms with Crippen LogP contribution in [0, 0.1) is 13.8 Å². The maximum Gasteiger partial charge on any atom is 0.325 e. The Kier molecular flexibility index (Phi) is 3.68. The zero-order valence-corrected chi connectivity index (χ0v) is 13.9. The van der Waals surface area contributed by atoms with E-state index in [4.69, 9.17) is 4.74 Å². The lowest BCUT2D eigenvalue weighted by Crippen LogP contribution is -2.46. The van der Waals surface area contributed by atoms with Gasteiger partial charge in [0.1, 0.15) is 17.4 Å². The van der Waals surface area contributed by atoms with Crippen molar-refractivity contribution in [3.63, 3.8) is 0 Å². The predicted octanol–water partition coefficient (Wildman–Crippen LogP) is 3.24. The Morgan fingerprint density at radius 3 is 2.45 bits per heavy atom. The zero-order valence-electron chi connectivity index (χ0n) is 13.9. The number of nitrogens with zero attached hydrogens (tertiary/aromatic N) is 1. The van der Waals surface area contributed by atoms with Crippen LogP contribution in [0.3, 0.4) is 0 Å². The van der Waals surface area contributed by atoms with Crippen molar-refractivity contribution in [3.8, 4) is 5.75 Å². The maximum absolute atomic E-state index is 11.7. The minimum Gasteiger partial charge on any atom is -0.487 e. The lowest BCUT2D eigenvalue weighted by Gasteiger charge is -2.46. The van der Waals surface area contributed by atoms with Crippen LogP contribution in [0.2, 0.25) is 0 Å². The molecule has 1 heterocycles. The number of ether oxygens (including phenoxy) is 1. The van der Waals surface area contributed by atoms with Gasteiger partial charge in [-0.15, -0.1) is 0 Å². The molecule has 0 amide bonds. The summed E-state index contributed by atoms with van der Waals surface area (Å²) < 4.78 is 6.36. The Hall–Kier alpha value is -1.55. The first-order valence-corrected chi connectivity index (χ1v) is 8.06. The van der Waals surface area contributed by atoms with E-state index in [1.807, 2.05) is 21.0 Å². The average molecular weight is 303 g/mol. The average Bonchev–Trinajstić information content (AvgIpc) is 2.41. The van der Waals surface area contributed by atoms with Gasteiger partial charge in [0.2, 0.25) is 0 Å². The van der Waals surface area contributed by atoms with Crippen molar-refractivity contribution in [2.24, 2.45) is 0 Å². The summed E-state index contributed by atoms with van der Waals surface area (Å²) in [4.78, 5) is 13.4. The van der Waals surface area contributed by atoms with Crippen LogP contribution in [0.1, 0.15) is 54.0 Å². The molecule has 1 fully saturated rings. The SMILES string of the molecule is Cc1c(C(C(=O)O)N(C)C)cc2c(c1C)OC1(CCC1)CC2. The second-order valence-corrected chi connectivity index (χ2v) is 7.05. The molecule has 1 unspecified atom stereocenters. The number of likely N-dealkylation sites (N-methyl/N-ethyl adjacent to an activating group) is 1. The topological polar surface area (TPSA) is 49.8 Å². The van der Waals surface area contributed by atoms with Gasteiger partial charge in [-0.1, -0.05) is 0 Å². The third-order valence-corrected chi connectivity index (χ3v) is 5.44. The molecule has 1 atom stereocenters. The fourth-order valence-electron chi connectivity index (χ4n) is 3.79. The summed E-state index contributed by atoms with van der Waals surface area (Å²) >= 11 is 0. The Morgan fingerprint density at radius 2 is 1.95 bits per heavy atom. The third-order valence-electron chi connectivity index (χ3n) is 5.44. The third kappa shape index (κ3) is 2.30. The first-order chi connectivity index (χ1) is 10.3. The number of aryl methyl sites for hydroxylation is 1. The van der Waals surface area contributed by atoms with Gasteiger partial charge >= 0.3 is 5.97 Å². The number of aliphatic carboxylic acids is 1. The van der Waals surface area contributed by atoms with E-state index in [0.29, 0.717) is 0 Å². The van der Waals surface area contributed by atoms with Gasteiger partial charge in [-0.3, -0.25) is 9.69 Å². The van der Waals surface area contributed by atoms with E-state index in [2.05, 4.69) is 13.0 Å². The summed E-state index contributed by atoms with van der Waals surface area (Å²) in [7, 11) is 3.62. The van der Waals surface area contributed by atoms with Crippen LogP contribution in [-0.4, -0.2) is 35.7 Å². The van der Waals surface area contributed by atoms with Crippen LogP contribution in [0.5, 0.6) is 5.75 Å². The number of benzene rings is 1. The van der Waals surface area contributed by atoms with E-state index < -0.39 is 12.0 Å². The van der Waals surface area contributed by atoms with Gasteiger partial charge in [-0.25, -0.2) is 0 Å². The molecular formula is C18H25NO3. The molecule has 22 heavy (non-hydrogen) atoms. The molecule has 1 aromatic rings. The summed E-state index contributed by atoms with van der Waals surface area (Å²) in [6.07, 6.45) is 5.61. The van der Waals surface area contributed by atoms with E-state index in [1.54, 1.807) is 4.90 Å². The van der Waals surface area contributed by atoms with E-state index >= 15 is 0 Å². The lowest BCUT2D eigenvalue weighted by atomic mass is 9.74. The van der Waals surface area contributed by atoms with Gasteiger partial charge in [-0.05, 0) is 88.4 Å². The number of hydrogen-bond acceptors (Lipinski definition) is 3. The molecule has 1 spiro atoms. The number of carbonyl (C=O) groups is 1. The van der Waals surface area contributed by atoms with Gasteiger partial charge in [0.25, 0.3) is 0 Å². The second kappa shape index (κ2) is 5.27. The highest BCUT2D eigenvalue weighted by Gasteiger charge is 2.42. The predicted molar refractivity (Wildman–Crippen MR) is 85.5 cm³/mol. The second-order valence-electron chi connectivity index (χ2n) is 7.05. The molecule has 4 heteroatoms. The maximum atomic E-state index is 11.7. The van der Waals surface area contributed by atoms with E-state index in [0.717, 1.165) is 48.1 Å². The number of rotatable bonds is 3. The van der Waals surface area contributed by atoms with Gasteiger partial charge in [-0.2, -0.15) is 0 Å². The minimum absolute atomic E-state index is 0.0689. The molecule has 0 radical (unpaired) electrons. The molecule has 1 aliphatic heterocycles. The van der Waals surface area contributed by atoms with E-state index in [1.165, 1.54) is 12.0 Å². The molecule has 3 rings (SSSR count). The molecular weight excluding hydrogens is 278 g/mol. The molecule has 1 aliphatic carbocycles. The number of hydrogen-bond donors (Lipinski definition) is 1. The van der Waals surface area contributed by atoms with Gasteiger partial charge in [0.15, 0.2) is 0 Å². The van der Waals surface area contributed by atoms with Crippen molar-refractivity contribution in [2.45, 2.75) is 57.6 Å². The van der Waals surface area contributed by atoms with Gasteiger partial charge in [0.05, 0.1) is 0 Å². The fourth-order valence-corrected chi connectivity index (χ4v) is 3.79. The Labute approximate surface area is 132 Å². The highest BCUT2D eigenvalue weighted by Crippen LogP contribution is 2.47. The fraction of sp³-hybridized carbons (Fsp3) is 0.611. The van der Waals surface area contributed by atoms with Crippen LogP contribution < -0.4 is 4.74 Å². The summed E-state index contributed by atoms with van der Waals surface area (Å²) in [6, 6.07) is 1.45. The van der Waals surface area contributed by atoms with Gasteiger partial charge in [0, 0.05) is 0 Å². The molecule has 0 saturated heterocycles. The molecule has 1 saturated carbocycles. The first-order valence-electron chi connectivity index (χ1n) is 8.06. The van der Waals surface area contributed by atoms with Crippen LogP contribution >= 0.6 is 0 Å². The van der Waals surface area contributed by atoms with Crippen molar-refractivity contribution in [2.75, 3.05) is 14.1 Å². The van der Waals surface area contributed by atoms with Crippen molar-refractivity contribution in [3.05, 3.63) is 28.3 Å². The summed E-state index contributed by atoms with van der Waals surface area (Å²) in [5.74, 6) is 0.203. The minimum atomic E-state index is -0.806. The molecule has 1 N–H and O–H groups in total. The quantitative estimate of drug-likeness (QED) is 0.931. The summed E-state index contributed by atoms with van der Waals surface area (Å²) in [5, 5.41) is 9.57.